The third kappa shape index (κ3) is 5.42. The Kier molecular flexibility index (Phi) is 6.66. The van der Waals surface area contributed by atoms with Crippen LogP contribution in [0.5, 0.6) is 0 Å². The van der Waals surface area contributed by atoms with Gasteiger partial charge in [0.15, 0.2) is 6.61 Å². The molecule has 3 rings (SSSR count). The van der Waals surface area contributed by atoms with Gasteiger partial charge >= 0.3 is 5.97 Å². The summed E-state index contributed by atoms with van der Waals surface area (Å²) in [4.78, 5) is 34.7. The Morgan fingerprint density at radius 1 is 1.19 bits per heavy atom. The smallest absolute Gasteiger partial charge is 0.316 e. The molecule has 27 heavy (non-hydrogen) atoms. The Morgan fingerprint density at radius 3 is 2.63 bits per heavy atom. The predicted octanol–water partition coefficient (Wildman–Crippen LogP) is 3.30. The number of thioether (sulfide) groups is 1. The third-order valence-corrected chi connectivity index (χ3v) is 5.92. The van der Waals surface area contributed by atoms with Crippen LogP contribution in [0.4, 0.5) is 0 Å². The van der Waals surface area contributed by atoms with Crippen molar-refractivity contribution >= 4 is 34.7 Å². The third-order valence-electron chi connectivity index (χ3n) is 5.05. The average molecular weight is 388 g/mol. The minimum absolute atomic E-state index is 0.102. The molecular formula is C20H25N3O3S. The SMILES string of the molecule is CC1CCC(N(C)C(=O)COC(=O)CSc2cnc3ccccc3n2)CC1. The van der Waals surface area contributed by atoms with E-state index in [4.69, 9.17) is 4.74 Å². The first-order valence-electron chi connectivity index (χ1n) is 9.29. The zero-order chi connectivity index (χ0) is 19.2. The zero-order valence-corrected chi connectivity index (χ0v) is 16.6. The van der Waals surface area contributed by atoms with E-state index in [1.165, 1.54) is 11.8 Å². The summed E-state index contributed by atoms with van der Waals surface area (Å²) in [5, 5.41) is 0.658. The number of amides is 1. The number of esters is 1. The first-order valence-corrected chi connectivity index (χ1v) is 10.3. The lowest BCUT2D eigenvalue weighted by molar-refractivity contribution is -0.150. The summed E-state index contributed by atoms with van der Waals surface area (Å²) in [5.41, 5.74) is 1.60. The van der Waals surface area contributed by atoms with E-state index in [1.807, 2.05) is 24.3 Å². The lowest BCUT2D eigenvalue weighted by Gasteiger charge is -2.33. The zero-order valence-electron chi connectivity index (χ0n) is 15.8. The van der Waals surface area contributed by atoms with Crippen molar-refractivity contribution in [1.82, 2.24) is 14.9 Å². The largest absolute Gasteiger partial charge is 0.455 e. The number of likely N-dealkylation sites (N-methyl/N-ethyl adjacent to an activating group) is 1. The van der Waals surface area contributed by atoms with Gasteiger partial charge in [-0.05, 0) is 43.7 Å². The summed E-state index contributed by atoms with van der Waals surface area (Å²) >= 11 is 1.26. The molecule has 0 bridgehead atoms. The summed E-state index contributed by atoms with van der Waals surface area (Å²) in [6, 6.07) is 7.83. The minimum atomic E-state index is -0.422. The van der Waals surface area contributed by atoms with Gasteiger partial charge in [0.1, 0.15) is 5.03 Å². The number of nitrogens with zero attached hydrogens (tertiary/aromatic N) is 3. The molecule has 0 N–H and O–H groups in total. The predicted molar refractivity (Wildman–Crippen MR) is 105 cm³/mol. The van der Waals surface area contributed by atoms with Crippen LogP contribution >= 0.6 is 11.8 Å². The van der Waals surface area contributed by atoms with Crippen LogP contribution in [-0.2, 0) is 14.3 Å². The van der Waals surface area contributed by atoms with Crippen LogP contribution in [0, 0.1) is 5.92 Å². The molecule has 144 valence electrons. The molecule has 1 aliphatic rings. The molecule has 1 aliphatic carbocycles. The Balaban J connectivity index is 1.42. The van der Waals surface area contributed by atoms with Gasteiger partial charge in [0, 0.05) is 13.1 Å². The molecule has 0 unspecified atom stereocenters. The Labute approximate surface area is 163 Å². The molecule has 1 aromatic carbocycles. The Morgan fingerprint density at radius 2 is 1.89 bits per heavy atom. The van der Waals surface area contributed by atoms with E-state index in [0.29, 0.717) is 5.03 Å². The van der Waals surface area contributed by atoms with Crippen LogP contribution in [0.1, 0.15) is 32.6 Å². The van der Waals surface area contributed by atoms with Crippen LogP contribution in [0.15, 0.2) is 35.5 Å². The average Bonchev–Trinajstić information content (AvgIpc) is 2.70. The van der Waals surface area contributed by atoms with E-state index >= 15 is 0 Å². The number of fused-ring (bicyclic) bond motifs is 1. The summed E-state index contributed by atoms with van der Waals surface area (Å²) in [6.45, 7) is 2.04. The molecule has 0 atom stereocenters. The van der Waals surface area contributed by atoms with Crippen molar-refractivity contribution in [3.05, 3.63) is 30.5 Å². The van der Waals surface area contributed by atoms with Crippen molar-refractivity contribution < 1.29 is 14.3 Å². The Hall–Kier alpha value is -2.15. The van der Waals surface area contributed by atoms with Crippen LogP contribution in [-0.4, -0.2) is 52.2 Å². The van der Waals surface area contributed by atoms with Crippen molar-refractivity contribution in [1.29, 1.82) is 0 Å². The number of carbonyl (C=O) groups excluding carboxylic acids is 2. The second kappa shape index (κ2) is 9.17. The fraction of sp³-hybridized carbons (Fsp3) is 0.500. The number of hydrogen-bond donors (Lipinski definition) is 0. The highest BCUT2D eigenvalue weighted by Crippen LogP contribution is 2.26. The van der Waals surface area contributed by atoms with Gasteiger partial charge in [0.05, 0.1) is 23.0 Å². The molecule has 0 saturated heterocycles. The molecule has 7 heteroatoms. The van der Waals surface area contributed by atoms with Gasteiger partial charge in [-0.15, -0.1) is 0 Å². The van der Waals surface area contributed by atoms with Gasteiger partial charge in [-0.3, -0.25) is 14.6 Å². The number of carbonyl (C=O) groups is 2. The van der Waals surface area contributed by atoms with E-state index in [9.17, 15) is 9.59 Å². The van der Waals surface area contributed by atoms with E-state index in [0.717, 1.165) is 42.6 Å². The first-order chi connectivity index (χ1) is 13.0. The van der Waals surface area contributed by atoms with Crippen LogP contribution in [0.25, 0.3) is 11.0 Å². The number of aromatic nitrogens is 2. The summed E-state index contributed by atoms with van der Waals surface area (Å²) in [7, 11) is 1.80. The monoisotopic (exact) mass is 387 g/mol. The van der Waals surface area contributed by atoms with Gasteiger partial charge in [-0.25, -0.2) is 4.98 Å². The normalized spacial score (nSPS) is 19.6. The van der Waals surface area contributed by atoms with Gasteiger partial charge in [0.25, 0.3) is 5.91 Å². The van der Waals surface area contributed by atoms with Gasteiger partial charge in [-0.1, -0.05) is 30.8 Å². The van der Waals surface area contributed by atoms with E-state index in [2.05, 4.69) is 16.9 Å². The molecule has 6 nitrogen and oxygen atoms in total. The molecule has 0 spiro atoms. The second-order valence-corrected chi connectivity index (χ2v) is 8.06. The highest BCUT2D eigenvalue weighted by molar-refractivity contribution is 7.99. The maximum absolute atomic E-state index is 12.3. The molecule has 0 aliphatic heterocycles. The molecule has 1 fully saturated rings. The van der Waals surface area contributed by atoms with Gasteiger partial charge in [-0.2, -0.15) is 0 Å². The maximum Gasteiger partial charge on any atom is 0.316 e. The summed E-state index contributed by atoms with van der Waals surface area (Å²) < 4.78 is 5.15. The maximum atomic E-state index is 12.3. The molecule has 1 heterocycles. The summed E-state index contributed by atoms with van der Waals surface area (Å²) in [5.74, 6) is 0.274. The van der Waals surface area contributed by atoms with Crippen LogP contribution in [0.3, 0.4) is 0 Å². The van der Waals surface area contributed by atoms with Crippen LogP contribution in [0.2, 0.25) is 0 Å². The fourth-order valence-electron chi connectivity index (χ4n) is 3.26. The van der Waals surface area contributed by atoms with E-state index in [-0.39, 0.29) is 24.3 Å². The number of hydrogen-bond acceptors (Lipinski definition) is 6. The van der Waals surface area contributed by atoms with Crippen molar-refractivity contribution in [2.75, 3.05) is 19.4 Å². The number of para-hydroxylation sites is 2. The quantitative estimate of drug-likeness (QED) is 0.559. The highest BCUT2D eigenvalue weighted by Gasteiger charge is 2.25. The van der Waals surface area contributed by atoms with Gasteiger partial charge < -0.3 is 9.64 Å². The number of rotatable bonds is 6. The van der Waals surface area contributed by atoms with Crippen LogP contribution < -0.4 is 0 Å². The molecule has 0 radical (unpaired) electrons. The molecule has 1 amide bonds. The molecule has 1 aromatic heterocycles. The van der Waals surface area contributed by atoms with Crippen molar-refractivity contribution in [2.45, 2.75) is 43.7 Å². The molecule has 1 saturated carbocycles. The first kappa shape index (κ1) is 19.6. The van der Waals surface area contributed by atoms with Gasteiger partial charge in [0.2, 0.25) is 0 Å². The highest BCUT2D eigenvalue weighted by atomic mass is 32.2. The standard InChI is InChI=1S/C20H25N3O3S/c1-14-7-9-15(10-8-14)23(2)19(24)12-26-20(25)13-27-18-11-21-16-5-3-4-6-17(16)22-18/h3-6,11,14-15H,7-10,12-13H2,1-2H3. The van der Waals surface area contributed by atoms with Crippen molar-refractivity contribution in [3.8, 4) is 0 Å². The van der Waals surface area contributed by atoms with E-state index < -0.39 is 5.97 Å². The fourth-order valence-corrected chi connectivity index (χ4v) is 3.90. The second-order valence-electron chi connectivity index (χ2n) is 7.06. The molecule has 2 aromatic rings. The van der Waals surface area contributed by atoms with Crippen molar-refractivity contribution in [3.63, 3.8) is 0 Å². The number of benzene rings is 1. The lowest BCUT2D eigenvalue weighted by atomic mass is 9.87. The van der Waals surface area contributed by atoms with E-state index in [1.54, 1.807) is 18.1 Å². The number of ether oxygens (including phenoxy) is 1. The molecular weight excluding hydrogens is 362 g/mol. The topological polar surface area (TPSA) is 72.4 Å². The summed E-state index contributed by atoms with van der Waals surface area (Å²) in [6.07, 6.45) is 5.97. The van der Waals surface area contributed by atoms with Crippen molar-refractivity contribution in [2.24, 2.45) is 5.92 Å². The lowest BCUT2D eigenvalue weighted by Crippen LogP contribution is -2.41. The Bertz CT molecular complexity index is 806. The minimum Gasteiger partial charge on any atom is -0.455 e.